The number of nitrogens with two attached hydrogens (primary N) is 1. The highest BCUT2D eigenvalue weighted by molar-refractivity contribution is 5.96. The number of aryl methyl sites for hydroxylation is 1. The predicted octanol–water partition coefficient (Wildman–Crippen LogP) is -0.521. The molecule has 0 saturated heterocycles. The molecule has 1 unspecified atom stereocenters. The molecular formula is C11H13N3O5. The molecule has 2 amide bonds. The third kappa shape index (κ3) is 3.75. The van der Waals surface area contributed by atoms with Crippen molar-refractivity contribution in [2.24, 2.45) is 5.73 Å². The molecule has 0 fully saturated rings. The minimum absolute atomic E-state index is 0.103. The van der Waals surface area contributed by atoms with E-state index in [4.69, 9.17) is 10.8 Å². The Morgan fingerprint density at radius 1 is 1.53 bits per heavy atom. The Morgan fingerprint density at radius 3 is 2.68 bits per heavy atom. The van der Waals surface area contributed by atoms with E-state index >= 15 is 0 Å². The van der Waals surface area contributed by atoms with Crippen LogP contribution in [0.2, 0.25) is 0 Å². The number of rotatable bonds is 5. The first kappa shape index (κ1) is 14.6. The Bertz CT molecular complexity index is 529. The summed E-state index contributed by atoms with van der Waals surface area (Å²) in [7, 11) is 0. The van der Waals surface area contributed by atoms with Gasteiger partial charge >= 0.3 is 0 Å². The van der Waals surface area contributed by atoms with Crippen molar-refractivity contribution < 1.29 is 19.6 Å². The van der Waals surface area contributed by atoms with Gasteiger partial charge in [-0.3, -0.25) is 19.7 Å². The lowest BCUT2D eigenvalue weighted by molar-refractivity contribution is -0.384. The number of aliphatic hydroxyl groups is 1. The van der Waals surface area contributed by atoms with E-state index in [-0.39, 0.29) is 17.8 Å². The highest BCUT2D eigenvalue weighted by Gasteiger charge is 2.17. The van der Waals surface area contributed by atoms with Crippen LogP contribution in [0.1, 0.15) is 15.9 Å². The van der Waals surface area contributed by atoms with Crippen LogP contribution in [0.4, 0.5) is 5.69 Å². The monoisotopic (exact) mass is 267 g/mol. The normalized spacial score (nSPS) is 11.7. The van der Waals surface area contributed by atoms with Gasteiger partial charge in [0, 0.05) is 17.7 Å². The zero-order chi connectivity index (χ0) is 14.6. The maximum absolute atomic E-state index is 11.8. The van der Waals surface area contributed by atoms with Crippen molar-refractivity contribution in [2.45, 2.75) is 13.0 Å². The van der Waals surface area contributed by atoms with Crippen molar-refractivity contribution in [1.29, 1.82) is 0 Å². The van der Waals surface area contributed by atoms with E-state index in [1.54, 1.807) is 6.92 Å². The van der Waals surface area contributed by atoms with Gasteiger partial charge < -0.3 is 16.2 Å². The first-order valence-corrected chi connectivity index (χ1v) is 5.33. The number of hydrogen-bond acceptors (Lipinski definition) is 5. The summed E-state index contributed by atoms with van der Waals surface area (Å²) in [4.78, 5) is 32.4. The summed E-state index contributed by atoms with van der Waals surface area (Å²) >= 11 is 0. The molecule has 1 rings (SSSR count). The smallest absolute Gasteiger partial charge is 0.270 e. The van der Waals surface area contributed by atoms with Gasteiger partial charge in [0.2, 0.25) is 5.91 Å². The number of hydrogen-bond donors (Lipinski definition) is 3. The average Bonchev–Trinajstić information content (AvgIpc) is 2.35. The minimum Gasteiger partial charge on any atom is -0.381 e. The molecule has 0 aliphatic heterocycles. The lowest BCUT2D eigenvalue weighted by Gasteiger charge is -2.09. The fraction of sp³-hybridized carbons (Fsp3) is 0.273. The summed E-state index contributed by atoms with van der Waals surface area (Å²) in [6.07, 6.45) is -1.50. The van der Waals surface area contributed by atoms with Crippen LogP contribution in [0.25, 0.3) is 0 Å². The molecule has 1 atom stereocenters. The third-order valence-corrected chi connectivity index (χ3v) is 2.46. The van der Waals surface area contributed by atoms with Crippen LogP contribution in [0.15, 0.2) is 18.2 Å². The number of amides is 2. The summed E-state index contributed by atoms with van der Waals surface area (Å²) in [6.45, 7) is 1.26. The second-order valence-electron chi connectivity index (χ2n) is 3.88. The van der Waals surface area contributed by atoms with Crippen molar-refractivity contribution in [3.63, 3.8) is 0 Å². The molecule has 0 heterocycles. The Balaban J connectivity index is 2.84. The van der Waals surface area contributed by atoms with Gasteiger partial charge in [-0.05, 0) is 12.5 Å². The van der Waals surface area contributed by atoms with Gasteiger partial charge in [0.1, 0.15) is 6.10 Å². The van der Waals surface area contributed by atoms with Crippen molar-refractivity contribution in [1.82, 2.24) is 5.32 Å². The van der Waals surface area contributed by atoms with E-state index in [9.17, 15) is 19.7 Å². The Hall–Kier alpha value is -2.48. The van der Waals surface area contributed by atoms with Crippen LogP contribution in [0, 0.1) is 17.0 Å². The third-order valence-electron chi connectivity index (χ3n) is 2.46. The lowest BCUT2D eigenvalue weighted by atomic mass is 10.1. The van der Waals surface area contributed by atoms with Gasteiger partial charge in [0.05, 0.1) is 11.5 Å². The highest BCUT2D eigenvalue weighted by atomic mass is 16.6. The molecule has 102 valence electrons. The second-order valence-corrected chi connectivity index (χ2v) is 3.88. The molecular weight excluding hydrogens is 254 g/mol. The molecule has 1 aromatic rings. The molecule has 0 aliphatic rings. The fourth-order valence-electron chi connectivity index (χ4n) is 1.35. The molecule has 0 bridgehead atoms. The number of primary amides is 1. The van der Waals surface area contributed by atoms with Crippen molar-refractivity contribution in [3.05, 3.63) is 39.4 Å². The van der Waals surface area contributed by atoms with Gasteiger partial charge in [-0.15, -0.1) is 0 Å². The van der Waals surface area contributed by atoms with E-state index in [1.165, 1.54) is 12.1 Å². The average molecular weight is 267 g/mol. The zero-order valence-electron chi connectivity index (χ0n) is 10.1. The number of nitrogens with one attached hydrogen (secondary N) is 1. The van der Waals surface area contributed by atoms with Crippen LogP contribution >= 0.6 is 0 Å². The summed E-state index contributed by atoms with van der Waals surface area (Å²) in [5, 5.41) is 22.0. The molecule has 0 aromatic heterocycles. The molecule has 0 aliphatic carbocycles. The van der Waals surface area contributed by atoms with Crippen LogP contribution in [0.5, 0.6) is 0 Å². The number of carbonyl (C=O) groups excluding carboxylic acids is 2. The number of nitro groups is 1. The molecule has 19 heavy (non-hydrogen) atoms. The number of aliphatic hydroxyl groups excluding tert-OH is 1. The van der Waals surface area contributed by atoms with Crippen molar-refractivity contribution in [3.8, 4) is 0 Å². The minimum atomic E-state index is -1.50. The summed E-state index contributed by atoms with van der Waals surface area (Å²) in [5.41, 5.74) is 5.25. The van der Waals surface area contributed by atoms with E-state index < -0.39 is 22.8 Å². The van der Waals surface area contributed by atoms with E-state index in [0.717, 1.165) is 6.07 Å². The number of non-ortho nitro benzene ring substituents is 1. The van der Waals surface area contributed by atoms with Gasteiger partial charge in [0.25, 0.3) is 11.6 Å². The van der Waals surface area contributed by atoms with E-state index in [1.807, 2.05) is 0 Å². The fourth-order valence-corrected chi connectivity index (χ4v) is 1.35. The van der Waals surface area contributed by atoms with E-state index in [2.05, 4.69) is 5.32 Å². The Morgan fingerprint density at radius 2 is 2.16 bits per heavy atom. The van der Waals surface area contributed by atoms with Crippen LogP contribution in [0.3, 0.4) is 0 Å². The number of nitrogens with zero attached hydrogens (tertiary/aromatic N) is 1. The van der Waals surface area contributed by atoms with Gasteiger partial charge in [-0.25, -0.2) is 0 Å². The topological polar surface area (TPSA) is 136 Å². The molecule has 8 nitrogen and oxygen atoms in total. The van der Waals surface area contributed by atoms with Gasteiger partial charge in [-0.2, -0.15) is 0 Å². The summed E-state index contributed by atoms with van der Waals surface area (Å²) < 4.78 is 0. The van der Waals surface area contributed by atoms with Crippen molar-refractivity contribution >= 4 is 17.5 Å². The van der Waals surface area contributed by atoms with Gasteiger partial charge in [-0.1, -0.05) is 6.07 Å². The predicted molar refractivity (Wildman–Crippen MR) is 65.4 cm³/mol. The first-order valence-electron chi connectivity index (χ1n) is 5.33. The van der Waals surface area contributed by atoms with Crippen molar-refractivity contribution in [2.75, 3.05) is 6.54 Å². The maximum atomic E-state index is 11.8. The molecule has 1 aromatic carbocycles. The van der Waals surface area contributed by atoms with Crippen LogP contribution in [-0.4, -0.2) is 34.5 Å². The molecule has 0 spiro atoms. The quantitative estimate of drug-likeness (QED) is 0.487. The lowest BCUT2D eigenvalue weighted by Crippen LogP contribution is -2.40. The molecule has 0 radical (unpaired) electrons. The Labute approximate surface area is 108 Å². The molecule has 8 heteroatoms. The Kier molecular flexibility index (Phi) is 4.54. The zero-order valence-corrected chi connectivity index (χ0v) is 10.1. The second kappa shape index (κ2) is 5.91. The highest BCUT2D eigenvalue weighted by Crippen LogP contribution is 2.17. The molecule has 4 N–H and O–H groups in total. The summed E-state index contributed by atoms with van der Waals surface area (Å²) in [6, 6.07) is 3.85. The van der Waals surface area contributed by atoms with Crippen LogP contribution in [-0.2, 0) is 4.79 Å². The first-order chi connectivity index (χ1) is 8.82. The molecule has 0 saturated carbocycles. The summed E-state index contributed by atoms with van der Waals surface area (Å²) in [5.74, 6) is -1.59. The largest absolute Gasteiger partial charge is 0.381 e. The number of nitro benzene ring substituents is 1. The SMILES string of the molecule is Cc1ccc([N+](=O)[O-])cc1C(=O)NCC(O)C(N)=O. The van der Waals surface area contributed by atoms with Gasteiger partial charge in [0.15, 0.2) is 0 Å². The van der Waals surface area contributed by atoms with Crippen LogP contribution < -0.4 is 11.1 Å². The maximum Gasteiger partial charge on any atom is 0.270 e. The number of benzene rings is 1. The standard InChI is InChI=1S/C11H13N3O5/c1-6-2-3-7(14(18)19)4-8(6)11(17)13-5-9(15)10(12)16/h2-4,9,15H,5H2,1H3,(H2,12,16)(H,13,17). The number of carbonyl (C=O) groups is 2. The van der Waals surface area contributed by atoms with E-state index in [0.29, 0.717) is 5.56 Å².